The summed E-state index contributed by atoms with van der Waals surface area (Å²) in [4.78, 5) is 6.48. The molecule has 4 nitrogen and oxygen atoms in total. The van der Waals surface area contributed by atoms with E-state index in [-0.39, 0.29) is 6.04 Å². The SMILES string of the molecule is CC(c1cc(Br)ccc1O)N(C)Cc1nccn1C. The number of aromatic nitrogens is 2. The smallest absolute Gasteiger partial charge is 0.122 e. The van der Waals surface area contributed by atoms with Crippen LogP contribution in [0.1, 0.15) is 24.4 Å². The topological polar surface area (TPSA) is 41.3 Å². The molecule has 102 valence electrons. The predicted octanol–water partition coefficient (Wildman–Crippen LogP) is 3.08. The van der Waals surface area contributed by atoms with E-state index >= 15 is 0 Å². The minimum Gasteiger partial charge on any atom is -0.508 e. The van der Waals surface area contributed by atoms with Crippen LogP contribution in [0.15, 0.2) is 35.1 Å². The van der Waals surface area contributed by atoms with Gasteiger partial charge in [0.2, 0.25) is 0 Å². The first-order chi connectivity index (χ1) is 8.99. The molecule has 1 aromatic heterocycles. The molecule has 0 radical (unpaired) electrons. The number of hydrogen-bond donors (Lipinski definition) is 1. The maximum absolute atomic E-state index is 9.97. The van der Waals surface area contributed by atoms with Crippen LogP contribution >= 0.6 is 15.9 Å². The molecule has 0 saturated carbocycles. The number of phenolic OH excluding ortho intramolecular Hbond substituents is 1. The lowest BCUT2D eigenvalue weighted by molar-refractivity contribution is 0.240. The van der Waals surface area contributed by atoms with Crippen molar-refractivity contribution in [1.82, 2.24) is 14.5 Å². The lowest BCUT2D eigenvalue weighted by Crippen LogP contribution is -2.23. The van der Waals surface area contributed by atoms with Gasteiger partial charge in [0.25, 0.3) is 0 Å². The highest BCUT2D eigenvalue weighted by atomic mass is 79.9. The third kappa shape index (κ3) is 3.16. The maximum Gasteiger partial charge on any atom is 0.122 e. The number of aryl methyl sites for hydroxylation is 1. The molecule has 1 N–H and O–H groups in total. The first-order valence-corrected chi connectivity index (χ1v) is 6.93. The number of rotatable bonds is 4. The van der Waals surface area contributed by atoms with E-state index < -0.39 is 0 Å². The molecule has 0 aliphatic carbocycles. The van der Waals surface area contributed by atoms with Crippen LogP contribution in [0.2, 0.25) is 0 Å². The second kappa shape index (κ2) is 5.75. The molecular formula is C14H18BrN3O. The molecule has 1 atom stereocenters. The van der Waals surface area contributed by atoms with Gasteiger partial charge in [-0.3, -0.25) is 4.90 Å². The van der Waals surface area contributed by atoms with Gasteiger partial charge in [-0.05, 0) is 32.2 Å². The van der Waals surface area contributed by atoms with Crippen LogP contribution in [0.4, 0.5) is 0 Å². The zero-order valence-corrected chi connectivity index (χ0v) is 12.9. The molecule has 19 heavy (non-hydrogen) atoms. The first kappa shape index (κ1) is 14.1. The lowest BCUT2D eigenvalue weighted by atomic mass is 10.1. The van der Waals surface area contributed by atoms with Crippen molar-refractivity contribution in [3.63, 3.8) is 0 Å². The molecule has 2 aromatic rings. The summed E-state index contributed by atoms with van der Waals surface area (Å²) in [5.74, 6) is 1.33. The summed E-state index contributed by atoms with van der Waals surface area (Å²) >= 11 is 3.44. The monoisotopic (exact) mass is 323 g/mol. The van der Waals surface area contributed by atoms with Crippen molar-refractivity contribution >= 4 is 15.9 Å². The van der Waals surface area contributed by atoms with Crippen LogP contribution in [0.25, 0.3) is 0 Å². The van der Waals surface area contributed by atoms with Crippen molar-refractivity contribution in [2.24, 2.45) is 7.05 Å². The Kier molecular flexibility index (Phi) is 4.27. The third-order valence-electron chi connectivity index (χ3n) is 3.41. The highest BCUT2D eigenvalue weighted by Crippen LogP contribution is 2.30. The Hall–Kier alpha value is -1.33. The van der Waals surface area contributed by atoms with E-state index in [1.54, 1.807) is 12.3 Å². The standard InChI is InChI=1S/C14H18BrN3O/c1-10(12-8-11(15)4-5-13(12)19)18(3)9-14-16-6-7-17(14)2/h4-8,10,19H,9H2,1-3H3. The molecule has 0 fully saturated rings. The third-order valence-corrected chi connectivity index (χ3v) is 3.91. The van der Waals surface area contributed by atoms with Gasteiger partial charge in [0, 0.05) is 35.5 Å². The summed E-state index contributed by atoms with van der Waals surface area (Å²) < 4.78 is 2.97. The molecule has 2 rings (SSSR count). The largest absolute Gasteiger partial charge is 0.508 e. The predicted molar refractivity (Wildman–Crippen MR) is 78.9 cm³/mol. The molecule has 5 heteroatoms. The number of nitrogens with zero attached hydrogens (tertiary/aromatic N) is 3. The van der Waals surface area contributed by atoms with Gasteiger partial charge in [-0.1, -0.05) is 15.9 Å². The van der Waals surface area contributed by atoms with Crippen molar-refractivity contribution in [3.8, 4) is 5.75 Å². The quantitative estimate of drug-likeness (QED) is 0.940. The van der Waals surface area contributed by atoms with Crippen LogP contribution in [-0.4, -0.2) is 26.6 Å². The van der Waals surface area contributed by atoms with Gasteiger partial charge in [-0.15, -0.1) is 0 Å². The normalized spacial score (nSPS) is 12.9. The second-order valence-corrected chi connectivity index (χ2v) is 5.66. The van der Waals surface area contributed by atoms with Crippen molar-refractivity contribution < 1.29 is 5.11 Å². The van der Waals surface area contributed by atoms with Crippen LogP contribution < -0.4 is 0 Å². The zero-order valence-electron chi connectivity index (χ0n) is 11.3. The molecule has 0 spiro atoms. The molecule has 0 aliphatic rings. The van der Waals surface area contributed by atoms with E-state index in [4.69, 9.17) is 0 Å². The first-order valence-electron chi connectivity index (χ1n) is 6.14. The summed E-state index contributed by atoms with van der Waals surface area (Å²) in [6.45, 7) is 2.81. The Morgan fingerprint density at radius 3 is 2.84 bits per heavy atom. The van der Waals surface area contributed by atoms with E-state index in [0.717, 1.165) is 22.4 Å². The van der Waals surface area contributed by atoms with Gasteiger partial charge in [-0.2, -0.15) is 0 Å². The minimum atomic E-state index is 0.106. The number of hydrogen-bond acceptors (Lipinski definition) is 3. The second-order valence-electron chi connectivity index (χ2n) is 4.75. The fourth-order valence-electron chi connectivity index (χ4n) is 2.01. The molecule has 1 heterocycles. The molecule has 0 saturated heterocycles. The Morgan fingerprint density at radius 1 is 1.47 bits per heavy atom. The average Bonchev–Trinajstić information content (AvgIpc) is 2.77. The van der Waals surface area contributed by atoms with E-state index in [1.165, 1.54) is 0 Å². The highest BCUT2D eigenvalue weighted by Gasteiger charge is 2.17. The zero-order chi connectivity index (χ0) is 14.0. The molecule has 1 unspecified atom stereocenters. The Labute approximate surface area is 121 Å². The molecule has 0 aliphatic heterocycles. The molecular weight excluding hydrogens is 306 g/mol. The van der Waals surface area contributed by atoms with Crippen LogP contribution in [-0.2, 0) is 13.6 Å². The van der Waals surface area contributed by atoms with E-state index in [0.29, 0.717) is 5.75 Å². The van der Waals surface area contributed by atoms with Gasteiger partial charge in [-0.25, -0.2) is 4.98 Å². The Bertz CT molecular complexity index is 568. The average molecular weight is 324 g/mol. The van der Waals surface area contributed by atoms with E-state index in [1.807, 2.05) is 37.0 Å². The molecule has 1 aromatic carbocycles. The fourth-order valence-corrected chi connectivity index (χ4v) is 2.39. The van der Waals surface area contributed by atoms with Crippen LogP contribution in [0.5, 0.6) is 5.75 Å². The highest BCUT2D eigenvalue weighted by molar-refractivity contribution is 9.10. The summed E-state index contributed by atoms with van der Waals surface area (Å²) in [5.41, 5.74) is 0.908. The lowest BCUT2D eigenvalue weighted by Gasteiger charge is -2.25. The van der Waals surface area contributed by atoms with Crippen LogP contribution in [0, 0.1) is 0 Å². The Morgan fingerprint density at radius 2 is 2.21 bits per heavy atom. The number of imidazole rings is 1. The van der Waals surface area contributed by atoms with Gasteiger partial charge >= 0.3 is 0 Å². The minimum absolute atomic E-state index is 0.106. The van der Waals surface area contributed by atoms with Gasteiger partial charge < -0.3 is 9.67 Å². The number of benzene rings is 1. The summed E-state index contributed by atoms with van der Waals surface area (Å²) in [6, 6.07) is 5.61. The van der Waals surface area contributed by atoms with E-state index in [2.05, 4.69) is 32.7 Å². The van der Waals surface area contributed by atoms with Gasteiger partial charge in [0.1, 0.15) is 11.6 Å². The van der Waals surface area contributed by atoms with Gasteiger partial charge in [0.05, 0.1) is 6.54 Å². The summed E-state index contributed by atoms with van der Waals surface area (Å²) in [5, 5.41) is 9.97. The number of phenols is 1. The van der Waals surface area contributed by atoms with E-state index in [9.17, 15) is 5.11 Å². The van der Waals surface area contributed by atoms with Crippen molar-refractivity contribution in [3.05, 3.63) is 46.5 Å². The van der Waals surface area contributed by atoms with Gasteiger partial charge in [0.15, 0.2) is 0 Å². The molecule has 0 bridgehead atoms. The fraction of sp³-hybridized carbons (Fsp3) is 0.357. The molecule has 0 amide bonds. The summed E-state index contributed by atoms with van der Waals surface area (Å²) in [6.07, 6.45) is 3.73. The van der Waals surface area contributed by atoms with Crippen molar-refractivity contribution in [1.29, 1.82) is 0 Å². The van der Waals surface area contributed by atoms with Crippen LogP contribution in [0.3, 0.4) is 0 Å². The van der Waals surface area contributed by atoms with Crippen molar-refractivity contribution in [2.45, 2.75) is 19.5 Å². The number of aromatic hydroxyl groups is 1. The maximum atomic E-state index is 9.97. The van der Waals surface area contributed by atoms with Crippen molar-refractivity contribution in [2.75, 3.05) is 7.05 Å². The summed E-state index contributed by atoms with van der Waals surface area (Å²) in [7, 11) is 4.01. The number of halogens is 1. The Balaban J connectivity index is 2.17.